The molecular formula is C13H17N3O. The molecule has 2 heterocycles. The van der Waals surface area contributed by atoms with Crippen molar-refractivity contribution in [2.45, 2.75) is 19.0 Å². The first-order valence-corrected chi connectivity index (χ1v) is 6.06. The molecule has 17 heavy (non-hydrogen) atoms. The minimum Gasteiger partial charge on any atom is -0.380 e. The highest BCUT2D eigenvalue weighted by Gasteiger charge is 2.15. The molecule has 1 aromatic heterocycles. The van der Waals surface area contributed by atoms with Crippen LogP contribution in [0.3, 0.4) is 0 Å². The lowest BCUT2D eigenvalue weighted by molar-refractivity contribution is 0.189. The summed E-state index contributed by atoms with van der Waals surface area (Å²) in [6.07, 6.45) is 1.10. The number of nitrogens with one attached hydrogen (secondary N) is 1. The fraction of sp³-hybridized carbons (Fsp3) is 0.462. The van der Waals surface area contributed by atoms with Gasteiger partial charge in [-0.05, 0) is 18.6 Å². The van der Waals surface area contributed by atoms with E-state index in [4.69, 9.17) is 4.74 Å². The maximum Gasteiger partial charge on any atom is 0.123 e. The Morgan fingerprint density at radius 2 is 2.35 bits per heavy atom. The molecule has 1 atom stereocenters. The topological polar surface area (TPSA) is 39.1 Å². The van der Waals surface area contributed by atoms with E-state index in [1.807, 2.05) is 12.1 Å². The van der Waals surface area contributed by atoms with Gasteiger partial charge in [0.1, 0.15) is 5.82 Å². The number of fused-ring (bicyclic) bond motifs is 1. The van der Waals surface area contributed by atoms with E-state index in [9.17, 15) is 0 Å². The van der Waals surface area contributed by atoms with Crippen molar-refractivity contribution in [2.75, 3.05) is 13.2 Å². The second-order valence-electron chi connectivity index (χ2n) is 4.52. The number of rotatable bonds is 3. The van der Waals surface area contributed by atoms with Crippen LogP contribution >= 0.6 is 0 Å². The van der Waals surface area contributed by atoms with E-state index in [-0.39, 0.29) is 0 Å². The largest absolute Gasteiger partial charge is 0.380 e. The number of ether oxygens (including phenoxy) is 1. The van der Waals surface area contributed by atoms with Crippen LogP contribution in [0.4, 0.5) is 0 Å². The monoisotopic (exact) mass is 231 g/mol. The van der Waals surface area contributed by atoms with Crippen molar-refractivity contribution in [1.82, 2.24) is 14.9 Å². The van der Waals surface area contributed by atoms with Gasteiger partial charge >= 0.3 is 0 Å². The van der Waals surface area contributed by atoms with Crippen molar-refractivity contribution in [1.29, 1.82) is 0 Å². The SMILES string of the molecule is Cn1c(CNC2CCOC2)nc2ccccc21. The number of aryl methyl sites for hydroxylation is 1. The third-order valence-electron chi connectivity index (χ3n) is 3.36. The Balaban J connectivity index is 1.78. The molecule has 1 unspecified atom stereocenters. The molecule has 0 radical (unpaired) electrons. The van der Waals surface area contributed by atoms with E-state index in [0.29, 0.717) is 6.04 Å². The minimum atomic E-state index is 0.481. The highest BCUT2D eigenvalue weighted by molar-refractivity contribution is 5.75. The zero-order valence-corrected chi connectivity index (χ0v) is 10.0. The van der Waals surface area contributed by atoms with Gasteiger partial charge < -0.3 is 14.6 Å². The molecule has 4 heteroatoms. The second kappa shape index (κ2) is 4.47. The summed E-state index contributed by atoms with van der Waals surface area (Å²) in [5.74, 6) is 1.08. The van der Waals surface area contributed by atoms with Crippen molar-refractivity contribution < 1.29 is 4.74 Å². The van der Waals surface area contributed by atoms with E-state index in [2.05, 4.69) is 34.0 Å². The summed E-state index contributed by atoms with van der Waals surface area (Å²) < 4.78 is 7.50. The van der Waals surface area contributed by atoms with Crippen molar-refractivity contribution in [3.05, 3.63) is 30.1 Å². The molecule has 0 saturated carbocycles. The normalized spacial score (nSPS) is 20.2. The average molecular weight is 231 g/mol. The van der Waals surface area contributed by atoms with Crippen LogP contribution < -0.4 is 5.32 Å². The minimum absolute atomic E-state index is 0.481. The molecule has 2 aromatic rings. The first-order chi connectivity index (χ1) is 8.34. The molecule has 1 aromatic carbocycles. The lowest BCUT2D eigenvalue weighted by atomic mass is 10.2. The number of para-hydroxylation sites is 2. The van der Waals surface area contributed by atoms with Gasteiger partial charge in [0, 0.05) is 19.7 Å². The number of nitrogens with zero attached hydrogens (tertiary/aromatic N) is 2. The number of aromatic nitrogens is 2. The summed E-state index contributed by atoms with van der Waals surface area (Å²) in [6.45, 7) is 2.50. The molecule has 1 aliphatic heterocycles. The second-order valence-corrected chi connectivity index (χ2v) is 4.52. The van der Waals surface area contributed by atoms with E-state index >= 15 is 0 Å². The number of imidazole rings is 1. The highest BCUT2D eigenvalue weighted by Crippen LogP contribution is 2.14. The fourth-order valence-corrected chi connectivity index (χ4v) is 2.28. The summed E-state index contributed by atoms with van der Waals surface area (Å²) in [6, 6.07) is 8.71. The fourth-order valence-electron chi connectivity index (χ4n) is 2.28. The van der Waals surface area contributed by atoms with Crippen molar-refractivity contribution >= 4 is 11.0 Å². The zero-order valence-electron chi connectivity index (χ0n) is 10.0. The lowest BCUT2D eigenvalue weighted by Crippen LogP contribution is -2.29. The zero-order chi connectivity index (χ0) is 11.7. The van der Waals surface area contributed by atoms with Crippen LogP contribution in [0.2, 0.25) is 0 Å². The van der Waals surface area contributed by atoms with Crippen LogP contribution in [-0.2, 0) is 18.3 Å². The van der Waals surface area contributed by atoms with E-state index < -0.39 is 0 Å². The van der Waals surface area contributed by atoms with E-state index in [1.165, 1.54) is 5.52 Å². The lowest BCUT2D eigenvalue weighted by Gasteiger charge is -2.09. The predicted molar refractivity (Wildman–Crippen MR) is 66.8 cm³/mol. The van der Waals surface area contributed by atoms with Crippen LogP contribution in [0.5, 0.6) is 0 Å². The summed E-state index contributed by atoms with van der Waals surface area (Å²) >= 11 is 0. The molecule has 1 fully saturated rings. The quantitative estimate of drug-likeness (QED) is 0.869. The molecule has 1 N–H and O–H groups in total. The molecule has 0 spiro atoms. The van der Waals surface area contributed by atoms with Gasteiger partial charge in [0.2, 0.25) is 0 Å². The van der Waals surface area contributed by atoms with Gasteiger partial charge in [-0.1, -0.05) is 12.1 Å². The molecule has 3 rings (SSSR count). The van der Waals surface area contributed by atoms with Crippen molar-refractivity contribution in [3.63, 3.8) is 0 Å². The Bertz CT molecular complexity index is 514. The first-order valence-electron chi connectivity index (χ1n) is 6.06. The van der Waals surface area contributed by atoms with Crippen LogP contribution in [0.25, 0.3) is 11.0 Å². The van der Waals surface area contributed by atoms with Crippen LogP contribution in [0.1, 0.15) is 12.2 Å². The van der Waals surface area contributed by atoms with Gasteiger partial charge in [-0.3, -0.25) is 0 Å². The standard InChI is InChI=1S/C13H17N3O/c1-16-12-5-3-2-4-11(12)15-13(16)8-14-10-6-7-17-9-10/h2-5,10,14H,6-9H2,1H3. The van der Waals surface area contributed by atoms with Gasteiger partial charge in [-0.25, -0.2) is 4.98 Å². The van der Waals surface area contributed by atoms with Crippen molar-refractivity contribution in [3.8, 4) is 0 Å². The van der Waals surface area contributed by atoms with Gasteiger partial charge in [-0.2, -0.15) is 0 Å². The van der Waals surface area contributed by atoms with Gasteiger partial charge in [-0.15, -0.1) is 0 Å². The highest BCUT2D eigenvalue weighted by atomic mass is 16.5. The Labute approximate surface area is 101 Å². The van der Waals surface area contributed by atoms with Gasteiger partial charge in [0.15, 0.2) is 0 Å². The van der Waals surface area contributed by atoms with Crippen molar-refractivity contribution in [2.24, 2.45) is 7.05 Å². The summed E-state index contributed by atoms with van der Waals surface area (Å²) in [5.41, 5.74) is 2.25. The van der Waals surface area contributed by atoms with Crippen LogP contribution in [0.15, 0.2) is 24.3 Å². The van der Waals surface area contributed by atoms with Crippen LogP contribution in [0, 0.1) is 0 Å². The first kappa shape index (κ1) is 10.7. The summed E-state index contributed by atoms with van der Waals surface area (Å²) in [5, 5.41) is 3.49. The van der Waals surface area contributed by atoms with Gasteiger partial charge in [0.05, 0.1) is 24.2 Å². The molecule has 1 aliphatic rings. The molecule has 90 valence electrons. The van der Waals surface area contributed by atoms with E-state index in [1.54, 1.807) is 0 Å². The number of hydrogen-bond donors (Lipinski definition) is 1. The maximum absolute atomic E-state index is 5.34. The third-order valence-corrected chi connectivity index (χ3v) is 3.36. The Morgan fingerprint density at radius 3 is 3.12 bits per heavy atom. The molecule has 0 bridgehead atoms. The molecular weight excluding hydrogens is 214 g/mol. The Kier molecular flexibility index (Phi) is 2.82. The Hall–Kier alpha value is -1.39. The summed E-state index contributed by atoms with van der Waals surface area (Å²) in [4.78, 5) is 4.63. The van der Waals surface area contributed by atoms with Gasteiger partial charge in [0.25, 0.3) is 0 Å². The predicted octanol–water partition coefficient (Wildman–Crippen LogP) is 1.45. The summed E-state index contributed by atoms with van der Waals surface area (Å²) in [7, 11) is 2.07. The third kappa shape index (κ3) is 2.06. The molecule has 1 saturated heterocycles. The average Bonchev–Trinajstić information content (AvgIpc) is 2.96. The smallest absolute Gasteiger partial charge is 0.123 e. The maximum atomic E-state index is 5.34. The van der Waals surface area contributed by atoms with E-state index in [0.717, 1.165) is 37.5 Å². The molecule has 4 nitrogen and oxygen atoms in total. The molecule has 0 aliphatic carbocycles. The van der Waals surface area contributed by atoms with Crippen LogP contribution in [-0.4, -0.2) is 28.8 Å². The molecule has 0 amide bonds. The number of benzene rings is 1. The number of hydrogen-bond acceptors (Lipinski definition) is 3. The Morgan fingerprint density at radius 1 is 1.47 bits per heavy atom.